The summed E-state index contributed by atoms with van der Waals surface area (Å²) in [7, 11) is -2.34. The molecule has 1 atom stereocenters. The first kappa shape index (κ1) is 15.3. The first-order valence-electron chi connectivity index (χ1n) is 5.92. The van der Waals surface area contributed by atoms with Crippen molar-refractivity contribution in [1.82, 2.24) is 4.31 Å². The first-order chi connectivity index (χ1) is 9.34. The normalized spacial score (nSPS) is 19.4. The van der Waals surface area contributed by atoms with Gasteiger partial charge in [0.25, 0.3) is 0 Å². The Hall–Kier alpha value is -1.12. The van der Waals surface area contributed by atoms with Crippen LogP contribution in [0.3, 0.4) is 0 Å². The number of hydrogen-bond donors (Lipinski definition) is 1. The van der Waals surface area contributed by atoms with Gasteiger partial charge in [0.05, 0.1) is 10.5 Å². The Bertz CT molecular complexity index is 626. The number of thioether (sulfide) groups is 1. The largest absolute Gasteiger partial charge is 0.478 e. The molecule has 0 saturated carbocycles. The van der Waals surface area contributed by atoms with E-state index in [1.165, 1.54) is 11.4 Å². The van der Waals surface area contributed by atoms with Crippen LogP contribution in [-0.4, -0.2) is 48.4 Å². The summed E-state index contributed by atoms with van der Waals surface area (Å²) in [6, 6.07) is 2.72. The van der Waals surface area contributed by atoms with Gasteiger partial charge >= 0.3 is 5.97 Å². The Labute approximate surface area is 120 Å². The number of carboxylic acid groups (broad SMARTS) is 1. The van der Waals surface area contributed by atoms with Crippen LogP contribution in [0.15, 0.2) is 23.1 Å². The van der Waals surface area contributed by atoms with E-state index in [4.69, 9.17) is 5.11 Å². The van der Waals surface area contributed by atoms with Gasteiger partial charge in [0.2, 0.25) is 10.0 Å². The molecule has 1 N–H and O–H groups in total. The van der Waals surface area contributed by atoms with E-state index >= 15 is 0 Å². The summed E-state index contributed by atoms with van der Waals surface area (Å²) in [4.78, 5) is 10.7. The lowest BCUT2D eigenvalue weighted by molar-refractivity contribution is 0.0691. The second-order valence-electron chi connectivity index (χ2n) is 4.49. The maximum absolute atomic E-state index is 13.3. The zero-order valence-electron chi connectivity index (χ0n) is 10.7. The smallest absolute Gasteiger partial charge is 0.338 e. The number of hydrogen-bond acceptors (Lipinski definition) is 4. The molecule has 5 nitrogen and oxygen atoms in total. The number of halogens is 1. The predicted molar refractivity (Wildman–Crippen MR) is 74.0 cm³/mol. The lowest BCUT2D eigenvalue weighted by atomic mass is 10.2. The van der Waals surface area contributed by atoms with Crippen molar-refractivity contribution in [2.24, 2.45) is 0 Å². The number of carboxylic acids is 1. The van der Waals surface area contributed by atoms with Gasteiger partial charge in [-0.1, -0.05) is 0 Å². The lowest BCUT2D eigenvalue weighted by Crippen LogP contribution is -2.37. The van der Waals surface area contributed by atoms with E-state index in [0.29, 0.717) is 5.75 Å². The molecule has 0 radical (unpaired) electrons. The van der Waals surface area contributed by atoms with Crippen LogP contribution in [0.25, 0.3) is 0 Å². The van der Waals surface area contributed by atoms with Crippen molar-refractivity contribution in [3.63, 3.8) is 0 Å². The molecule has 20 heavy (non-hydrogen) atoms. The average Bonchev–Trinajstić information content (AvgIpc) is 2.91. The van der Waals surface area contributed by atoms with Crippen molar-refractivity contribution in [3.8, 4) is 0 Å². The van der Waals surface area contributed by atoms with Crippen molar-refractivity contribution in [1.29, 1.82) is 0 Å². The molecule has 1 aliphatic rings. The van der Waals surface area contributed by atoms with Crippen LogP contribution in [0.4, 0.5) is 4.39 Å². The Kier molecular flexibility index (Phi) is 4.36. The number of aromatic carboxylic acids is 1. The molecule has 1 aromatic carbocycles. The highest BCUT2D eigenvalue weighted by molar-refractivity contribution is 7.99. The minimum Gasteiger partial charge on any atom is -0.478 e. The maximum atomic E-state index is 13.3. The monoisotopic (exact) mass is 319 g/mol. The molecule has 1 aliphatic heterocycles. The second-order valence-corrected chi connectivity index (χ2v) is 7.63. The van der Waals surface area contributed by atoms with Crippen molar-refractivity contribution >= 4 is 27.8 Å². The van der Waals surface area contributed by atoms with E-state index in [1.807, 2.05) is 0 Å². The van der Waals surface area contributed by atoms with Crippen LogP contribution in [0.2, 0.25) is 0 Å². The van der Waals surface area contributed by atoms with E-state index in [1.54, 1.807) is 11.8 Å². The SMILES string of the molecule is CN(C1CCSC1)S(=O)(=O)c1ccc(F)c(C(=O)O)c1. The molecule has 1 unspecified atom stereocenters. The minimum absolute atomic E-state index is 0.108. The summed E-state index contributed by atoms with van der Waals surface area (Å²) in [5, 5.41) is 8.85. The van der Waals surface area contributed by atoms with E-state index in [9.17, 15) is 17.6 Å². The Balaban J connectivity index is 2.38. The third-order valence-electron chi connectivity index (χ3n) is 3.27. The first-order valence-corrected chi connectivity index (χ1v) is 8.52. The van der Waals surface area contributed by atoms with Crippen LogP contribution >= 0.6 is 11.8 Å². The summed E-state index contributed by atoms with van der Waals surface area (Å²) >= 11 is 1.67. The molecule has 0 spiro atoms. The fourth-order valence-corrected chi connectivity index (χ4v) is 4.77. The van der Waals surface area contributed by atoms with E-state index in [-0.39, 0.29) is 10.9 Å². The molecule has 110 valence electrons. The molecule has 0 bridgehead atoms. The van der Waals surface area contributed by atoms with E-state index in [0.717, 1.165) is 30.4 Å². The molecule has 1 saturated heterocycles. The van der Waals surface area contributed by atoms with Crippen LogP contribution < -0.4 is 0 Å². The molecule has 1 aromatic rings. The number of carbonyl (C=O) groups is 1. The van der Waals surface area contributed by atoms with Gasteiger partial charge in [-0.2, -0.15) is 16.1 Å². The molecular formula is C12H14FNO4S2. The number of benzene rings is 1. The summed E-state index contributed by atoms with van der Waals surface area (Å²) < 4.78 is 39.4. The van der Waals surface area contributed by atoms with Crippen LogP contribution in [0, 0.1) is 5.82 Å². The molecule has 1 fully saturated rings. The zero-order chi connectivity index (χ0) is 14.9. The van der Waals surface area contributed by atoms with Gasteiger partial charge in [-0.05, 0) is 30.4 Å². The van der Waals surface area contributed by atoms with Gasteiger partial charge in [0.1, 0.15) is 5.82 Å². The minimum atomic E-state index is -3.81. The lowest BCUT2D eigenvalue weighted by Gasteiger charge is -2.23. The van der Waals surface area contributed by atoms with Gasteiger partial charge in [-0.3, -0.25) is 0 Å². The van der Waals surface area contributed by atoms with Gasteiger partial charge in [-0.15, -0.1) is 0 Å². The zero-order valence-corrected chi connectivity index (χ0v) is 12.4. The van der Waals surface area contributed by atoms with Gasteiger partial charge in [0, 0.05) is 18.8 Å². The Morgan fingerprint density at radius 3 is 2.75 bits per heavy atom. The van der Waals surface area contributed by atoms with E-state index in [2.05, 4.69) is 0 Å². The summed E-state index contributed by atoms with van der Waals surface area (Å²) in [5.74, 6) is -0.828. The van der Waals surface area contributed by atoms with Crippen LogP contribution in [0.5, 0.6) is 0 Å². The quantitative estimate of drug-likeness (QED) is 0.913. The summed E-state index contributed by atoms with van der Waals surface area (Å²) in [5.41, 5.74) is -0.639. The van der Waals surface area contributed by atoms with E-state index < -0.39 is 27.4 Å². The summed E-state index contributed by atoms with van der Waals surface area (Å²) in [6.45, 7) is 0. The molecule has 0 amide bonds. The topological polar surface area (TPSA) is 74.7 Å². The van der Waals surface area contributed by atoms with Crippen LogP contribution in [0.1, 0.15) is 16.8 Å². The van der Waals surface area contributed by atoms with Crippen molar-refractivity contribution in [2.75, 3.05) is 18.6 Å². The number of sulfonamides is 1. The number of nitrogens with zero attached hydrogens (tertiary/aromatic N) is 1. The maximum Gasteiger partial charge on any atom is 0.338 e. The predicted octanol–water partition coefficient (Wildman–Crippen LogP) is 1.65. The Morgan fingerprint density at radius 1 is 1.50 bits per heavy atom. The molecule has 0 aromatic heterocycles. The molecule has 0 aliphatic carbocycles. The highest BCUT2D eigenvalue weighted by atomic mass is 32.2. The number of rotatable bonds is 4. The van der Waals surface area contributed by atoms with Gasteiger partial charge < -0.3 is 5.11 Å². The van der Waals surface area contributed by atoms with Crippen LogP contribution in [-0.2, 0) is 10.0 Å². The Morgan fingerprint density at radius 2 is 2.20 bits per heavy atom. The van der Waals surface area contributed by atoms with Crippen molar-refractivity contribution < 1.29 is 22.7 Å². The molecule has 8 heteroatoms. The summed E-state index contributed by atoms with van der Waals surface area (Å²) in [6.07, 6.45) is 0.757. The molecular weight excluding hydrogens is 305 g/mol. The second kappa shape index (κ2) is 5.71. The standard InChI is InChI=1S/C12H14FNO4S2/c1-14(8-4-5-19-7-8)20(17,18)9-2-3-11(13)10(6-9)12(15)16/h2-3,6,8H,4-5,7H2,1H3,(H,15,16). The average molecular weight is 319 g/mol. The van der Waals surface area contributed by atoms with Crippen molar-refractivity contribution in [2.45, 2.75) is 17.4 Å². The fraction of sp³-hybridized carbons (Fsp3) is 0.417. The molecule has 2 rings (SSSR count). The van der Waals surface area contributed by atoms with Crippen molar-refractivity contribution in [3.05, 3.63) is 29.6 Å². The highest BCUT2D eigenvalue weighted by Gasteiger charge is 2.31. The fourth-order valence-electron chi connectivity index (χ4n) is 2.00. The third-order valence-corrected chi connectivity index (χ3v) is 6.32. The van der Waals surface area contributed by atoms with Gasteiger partial charge in [0.15, 0.2) is 0 Å². The third kappa shape index (κ3) is 2.82. The van der Waals surface area contributed by atoms with Gasteiger partial charge in [-0.25, -0.2) is 17.6 Å². The molecule has 1 heterocycles. The highest BCUT2D eigenvalue weighted by Crippen LogP contribution is 2.27.